The van der Waals surface area contributed by atoms with E-state index in [1.165, 1.54) is 18.2 Å². The number of rotatable bonds is 3. The summed E-state index contributed by atoms with van der Waals surface area (Å²) in [6.07, 6.45) is 0. The van der Waals surface area contributed by atoms with Crippen molar-refractivity contribution in [3.63, 3.8) is 0 Å². The summed E-state index contributed by atoms with van der Waals surface area (Å²) in [4.78, 5) is 43.6. The molecule has 0 aliphatic carbocycles. The fourth-order valence-corrected chi connectivity index (χ4v) is 2.83. The van der Waals surface area contributed by atoms with Gasteiger partial charge in [-0.25, -0.2) is 9.18 Å². The number of aromatic nitrogens is 3. The van der Waals surface area contributed by atoms with Gasteiger partial charge in [-0.05, 0) is 29.8 Å². The van der Waals surface area contributed by atoms with Crippen LogP contribution in [0.25, 0.3) is 21.9 Å². The van der Waals surface area contributed by atoms with Gasteiger partial charge < -0.3 is 20.3 Å². The molecule has 4 aromatic rings. The molecule has 2 aromatic heterocycles. The molecule has 0 atom stereocenters. The minimum Gasteiger partial charge on any atom is -0.348 e. The molecule has 0 saturated carbocycles. The number of pyridine rings is 1. The lowest BCUT2D eigenvalue weighted by molar-refractivity contribution is 0.0946. The number of H-pyrrole nitrogens is 3. The third kappa shape index (κ3) is 2.77. The molecular formula is C18H13FN4O3. The summed E-state index contributed by atoms with van der Waals surface area (Å²) in [5.74, 6) is -1.13. The molecule has 130 valence electrons. The summed E-state index contributed by atoms with van der Waals surface area (Å²) in [6, 6.07) is 10.5. The predicted molar refractivity (Wildman–Crippen MR) is 94.6 cm³/mol. The number of imidazole rings is 1. The van der Waals surface area contributed by atoms with Gasteiger partial charge in [0.1, 0.15) is 11.5 Å². The molecule has 0 bridgehead atoms. The Bertz CT molecular complexity index is 1270. The summed E-state index contributed by atoms with van der Waals surface area (Å²) in [5, 5.41) is 2.85. The zero-order chi connectivity index (χ0) is 18.3. The van der Waals surface area contributed by atoms with Crippen LogP contribution in [0.5, 0.6) is 0 Å². The number of para-hydroxylation sites is 1. The fourth-order valence-electron chi connectivity index (χ4n) is 2.83. The van der Waals surface area contributed by atoms with Gasteiger partial charge in [-0.2, -0.15) is 0 Å². The minimum absolute atomic E-state index is 0.00327. The molecule has 0 aliphatic heterocycles. The van der Waals surface area contributed by atoms with E-state index < -0.39 is 17.2 Å². The van der Waals surface area contributed by atoms with Crippen LogP contribution in [0.3, 0.4) is 0 Å². The summed E-state index contributed by atoms with van der Waals surface area (Å²) in [7, 11) is 0. The predicted octanol–water partition coefficient (Wildman–Crippen LogP) is 1.77. The van der Waals surface area contributed by atoms with Gasteiger partial charge in [0.2, 0.25) is 0 Å². The topological polar surface area (TPSA) is 111 Å². The van der Waals surface area contributed by atoms with E-state index in [2.05, 4.69) is 20.3 Å². The Labute approximate surface area is 144 Å². The highest BCUT2D eigenvalue weighted by molar-refractivity contribution is 5.94. The molecule has 4 rings (SSSR count). The van der Waals surface area contributed by atoms with Crippen molar-refractivity contribution in [2.45, 2.75) is 6.54 Å². The molecule has 2 heterocycles. The Morgan fingerprint density at radius 2 is 1.81 bits per heavy atom. The highest BCUT2D eigenvalue weighted by Crippen LogP contribution is 2.13. The quantitative estimate of drug-likeness (QED) is 0.451. The number of carbonyl (C=O) groups is 1. The van der Waals surface area contributed by atoms with E-state index in [0.29, 0.717) is 11.0 Å². The molecule has 1 amide bonds. The standard InChI is InChI=1S/C18H13FN4O3/c19-11-3-1-2-10-15(24)7-14(21-16(10)11)17(25)20-8-9-4-5-12-13(6-9)23-18(26)22-12/h1-7H,8H2,(H,20,25)(H,21,24)(H2,22,23,26). The number of aromatic amines is 3. The lowest BCUT2D eigenvalue weighted by atomic mass is 10.1. The zero-order valence-corrected chi connectivity index (χ0v) is 13.4. The first-order valence-electron chi connectivity index (χ1n) is 7.82. The van der Waals surface area contributed by atoms with Crippen LogP contribution >= 0.6 is 0 Å². The van der Waals surface area contributed by atoms with E-state index in [4.69, 9.17) is 0 Å². The Kier molecular flexibility index (Phi) is 3.65. The third-order valence-electron chi connectivity index (χ3n) is 4.09. The smallest absolute Gasteiger partial charge is 0.323 e. The SMILES string of the molecule is O=C(NCc1ccc2[nH]c(=O)[nH]c2c1)c1cc(=O)c2cccc(F)c2[nH]1. The van der Waals surface area contributed by atoms with E-state index in [9.17, 15) is 18.8 Å². The molecule has 0 fully saturated rings. The van der Waals surface area contributed by atoms with Gasteiger partial charge in [0.25, 0.3) is 5.91 Å². The number of carbonyl (C=O) groups excluding carboxylic acids is 1. The first-order chi connectivity index (χ1) is 12.5. The highest BCUT2D eigenvalue weighted by Gasteiger charge is 2.12. The van der Waals surface area contributed by atoms with Crippen LogP contribution in [0.4, 0.5) is 4.39 Å². The number of amides is 1. The van der Waals surface area contributed by atoms with E-state index in [0.717, 1.165) is 11.6 Å². The Hall–Kier alpha value is -3.68. The minimum atomic E-state index is -0.601. The number of nitrogens with one attached hydrogen (secondary N) is 4. The maximum absolute atomic E-state index is 13.9. The van der Waals surface area contributed by atoms with Gasteiger partial charge in [0, 0.05) is 18.0 Å². The molecule has 0 unspecified atom stereocenters. The highest BCUT2D eigenvalue weighted by atomic mass is 19.1. The van der Waals surface area contributed by atoms with Gasteiger partial charge in [-0.3, -0.25) is 9.59 Å². The number of hydrogen-bond acceptors (Lipinski definition) is 3. The van der Waals surface area contributed by atoms with Crippen molar-refractivity contribution in [3.8, 4) is 0 Å². The number of fused-ring (bicyclic) bond motifs is 2. The van der Waals surface area contributed by atoms with Crippen molar-refractivity contribution in [1.29, 1.82) is 0 Å². The molecular weight excluding hydrogens is 339 g/mol. The Morgan fingerprint density at radius 1 is 1.00 bits per heavy atom. The number of halogens is 1. The first-order valence-corrected chi connectivity index (χ1v) is 7.82. The summed E-state index contributed by atoms with van der Waals surface area (Å²) >= 11 is 0. The number of benzene rings is 2. The second-order valence-corrected chi connectivity index (χ2v) is 5.85. The largest absolute Gasteiger partial charge is 0.348 e. The van der Waals surface area contributed by atoms with Gasteiger partial charge in [-0.1, -0.05) is 12.1 Å². The molecule has 0 spiro atoms. The van der Waals surface area contributed by atoms with Crippen molar-refractivity contribution in [2.75, 3.05) is 0 Å². The van der Waals surface area contributed by atoms with Crippen molar-refractivity contribution < 1.29 is 9.18 Å². The van der Waals surface area contributed by atoms with E-state index in [-0.39, 0.29) is 28.8 Å². The molecule has 8 heteroatoms. The van der Waals surface area contributed by atoms with Crippen LogP contribution in [0.2, 0.25) is 0 Å². The van der Waals surface area contributed by atoms with Gasteiger partial charge in [-0.15, -0.1) is 0 Å². The van der Waals surface area contributed by atoms with Crippen molar-refractivity contribution in [1.82, 2.24) is 20.3 Å². The lowest BCUT2D eigenvalue weighted by Crippen LogP contribution is -2.25. The van der Waals surface area contributed by atoms with E-state index in [1.807, 2.05) is 0 Å². The first kappa shape index (κ1) is 15.8. The van der Waals surface area contributed by atoms with Crippen LogP contribution in [0.1, 0.15) is 16.1 Å². The fraction of sp³-hybridized carbons (Fsp3) is 0.0556. The molecule has 4 N–H and O–H groups in total. The zero-order valence-electron chi connectivity index (χ0n) is 13.4. The van der Waals surface area contributed by atoms with Crippen molar-refractivity contribution in [3.05, 3.63) is 80.2 Å². The Balaban J connectivity index is 1.59. The summed E-state index contributed by atoms with van der Waals surface area (Å²) in [6.45, 7) is 0.180. The summed E-state index contributed by atoms with van der Waals surface area (Å²) in [5.41, 5.74) is 1.28. The normalized spacial score (nSPS) is 11.1. The maximum Gasteiger partial charge on any atom is 0.323 e. The van der Waals surface area contributed by atoms with Crippen LogP contribution in [0, 0.1) is 5.82 Å². The Morgan fingerprint density at radius 3 is 2.65 bits per heavy atom. The second-order valence-electron chi connectivity index (χ2n) is 5.85. The monoisotopic (exact) mass is 352 g/mol. The van der Waals surface area contributed by atoms with Crippen molar-refractivity contribution >= 4 is 27.8 Å². The average Bonchev–Trinajstić information content (AvgIpc) is 2.99. The summed E-state index contributed by atoms with van der Waals surface area (Å²) < 4.78 is 13.9. The van der Waals surface area contributed by atoms with E-state index in [1.54, 1.807) is 18.2 Å². The number of hydrogen-bond donors (Lipinski definition) is 4. The molecule has 0 radical (unpaired) electrons. The lowest BCUT2D eigenvalue weighted by Gasteiger charge is -2.07. The molecule has 2 aromatic carbocycles. The van der Waals surface area contributed by atoms with Gasteiger partial charge in [0.15, 0.2) is 5.43 Å². The molecule has 26 heavy (non-hydrogen) atoms. The van der Waals surface area contributed by atoms with Crippen LogP contribution in [-0.2, 0) is 6.54 Å². The third-order valence-corrected chi connectivity index (χ3v) is 4.09. The van der Waals surface area contributed by atoms with Crippen molar-refractivity contribution in [2.24, 2.45) is 0 Å². The maximum atomic E-state index is 13.9. The average molecular weight is 352 g/mol. The van der Waals surface area contributed by atoms with Gasteiger partial charge in [0.05, 0.1) is 16.6 Å². The molecule has 0 saturated heterocycles. The van der Waals surface area contributed by atoms with Gasteiger partial charge >= 0.3 is 5.69 Å². The van der Waals surface area contributed by atoms with E-state index >= 15 is 0 Å². The molecule has 0 aliphatic rings. The van der Waals surface area contributed by atoms with Crippen LogP contribution < -0.4 is 16.4 Å². The van der Waals surface area contributed by atoms with Crippen LogP contribution in [0.15, 0.2) is 52.1 Å². The second kappa shape index (κ2) is 5.99. The van der Waals surface area contributed by atoms with Crippen LogP contribution in [-0.4, -0.2) is 20.9 Å². The molecule has 7 nitrogen and oxygen atoms in total.